The van der Waals surface area contributed by atoms with Crippen molar-refractivity contribution in [2.75, 3.05) is 24.2 Å². The van der Waals surface area contributed by atoms with E-state index in [0.29, 0.717) is 13.0 Å². The Labute approximate surface area is 121 Å². The van der Waals surface area contributed by atoms with Crippen molar-refractivity contribution in [2.45, 2.75) is 13.0 Å². The highest BCUT2D eigenvalue weighted by atomic mass is 16.3. The van der Waals surface area contributed by atoms with Crippen LogP contribution in [0.5, 0.6) is 0 Å². The van der Waals surface area contributed by atoms with Crippen molar-refractivity contribution >= 4 is 11.5 Å². The molecule has 0 aliphatic heterocycles. The fraction of sp³-hybridized carbons (Fsp3) is 0.286. The largest absolute Gasteiger partial charge is 0.396 e. The molecule has 0 aliphatic rings. The smallest absolute Gasteiger partial charge is 0.330 e. The highest BCUT2D eigenvalue weighted by Gasteiger charge is 2.12. The second kappa shape index (κ2) is 6.76. The first-order valence-electron chi connectivity index (χ1n) is 6.64. The number of hydrogen-bond acceptors (Lipinski definition) is 5. The molecule has 0 spiro atoms. The van der Waals surface area contributed by atoms with E-state index < -0.39 is 11.2 Å². The normalized spacial score (nSPS) is 10.5. The third kappa shape index (κ3) is 3.51. The third-order valence-electron chi connectivity index (χ3n) is 3.06. The van der Waals surface area contributed by atoms with Crippen molar-refractivity contribution in [3.8, 4) is 0 Å². The van der Waals surface area contributed by atoms with Crippen LogP contribution in [-0.4, -0.2) is 27.8 Å². The molecule has 7 nitrogen and oxygen atoms in total. The monoisotopic (exact) mass is 290 g/mol. The molecule has 0 bridgehead atoms. The Morgan fingerprint density at radius 1 is 1.24 bits per heavy atom. The van der Waals surface area contributed by atoms with Crippen LogP contribution in [0.4, 0.5) is 11.5 Å². The maximum Gasteiger partial charge on any atom is 0.330 e. The van der Waals surface area contributed by atoms with Crippen LogP contribution in [0.2, 0.25) is 0 Å². The molecular formula is C14H18N4O3. The van der Waals surface area contributed by atoms with E-state index in [4.69, 9.17) is 10.8 Å². The van der Waals surface area contributed by atoms with Crippen LogP contribution in [0.1, 0.15) is 12.0 Å². The number of nitrogens with two attached hydrogens (primary N) is 1. The van der Waals surface area contributed by atoms with Crippen LogP contribution >= 0.6 is 0 Å². The summed E-state index contributed by atoms with van der Waals surface area (Å²) < 4.78 is 1.30. The Kier molecular flexibility index (Phi) is 4.78. The van der Waals surface area contributed by atoms with Gasteiger partial charge in [0.05, 0.1) is 6.54 Å². The Balaban J connectivity index is 2.35. The van der Waals surface area contributed by atoms with Gasteiger partial charge in [0.1, 0.15) is 11.5 Å². The van der Waals surface area contributed by atoms with Gasteiger partial charge in [-0.1, -0.05) is 30.3 Å². The fourth-order valence-corrected chi connectivity index (χ4v) is 1.97. The van der Waals surface area contributed by atoms with Gasteiger partial charge in [0.15, 0.2) is 0 Å². The Morgan fingerprint density at radius 2 is 1.95 bits per heavy atom. The number of nitrogens with zero attached hydrogens (tertiary/aromatic N) is 1. The van der Waals surface area contributed by atoms with E-state index in [1.807, 2.05) is 30.3 Å². The number of aliphatic hydroxyl groups is 1. The number of nitrogen functional groups attached to an aromatic ring is 1. The summed E-state index contributed by atoms with van der Waals surface area (Å²) in [5, 5.41) is 11.6. The summed E-state index contributed by atoms with van der Waals surface area (Å²) in [7, 11) is 0. The van der Waals surface area contributed by atoms with E-state index in [9.17, 15) is 9.59 Å². The lowest BCUT2D eigenvalue weighted by Crippen LogP contribution is -2.34. The Morgan fingerprint density at radius 3 is 2.62 bits per heavy atom. The van der Waals surface area contributed by atoms with Gasteiger partial charge in [-0.3, -0.25) is 14.3 Å². The van der Waals surface area contributed by atoms with Gasteiger partial charge in [-0.05, 0) is 12.0 Å². The summed E-state index contributed by atoms with van der Waals surface area (Å²) in [4.78, 5) is 25.9. The zero-order valence-electron chi connectivity index (χ0n) is 11.5. The number of aromatic nitrogens is 2. The zero-order valence-corrected chi connectivity index (χ0v) is 11.5. The summed E-state index contributed by atoms with van der Waals surface area (Å²) in [6.45, 7) is 0.679. The number of H-pyrrole nitrogens is 1. The Bertz CT molecular complexity index is 706. The quantitative estimate of drug-likeness (QED) is 0.558. The second-order valence-corrected chi connectivity index (χ2v) is 4.60. The minimum absolute atomic E-state index is 0.00840. The van der Waals surface area contributed by atoms with Gasteiger partial charge in [-0.15, -0.1) is 0 Å². The predicted molar refractivity (Wildman–Crippen MR) is 81.5 cm³/mol. The standard InChI is InChI=1S/C14H18N4O3/c15-12-11(16-7-4-8-19)13(20)17-14(21)18(12)9-10-5-2-1-3-6-10/h1-3,5-6,16,19H,4,7-9,15H2,(H,17,20,21). The molecule has 1 aromatic carbocycles. The van der Waals surface area contributed by atoms with E-state index >= 15 is 0 Å². The highest BCUT2D eigenvalue weighted by Crippen LogP contribution is 2.12. The molecule has 0 atom stereocenters. The van der Waals surface area contributed by atoms with Crippen LogP contribution in [0.3, 0.4) is 0 Å². The third-order valence-corrected chi connectivity index (χ3v) is 3.06. The average molecular weight is 290 g/mol. The van der Waals surface area contributed by atoms with Gasteiger partial charge in [0.2, 0.25) is 0 Å². The maximum absolute atomic E-state index is 11.9. The van der Waals surface area contributed by atoms with Gasteiger partial charge in [-0.25, -0.2) is 4.79 Å². The number of nitrogens with one attached hydrogen (secondary N) is 2. The summed E-state index contributed by atoms with van der Waals surface area (Å²) >= 11 is 0. The molecule has 21 heavy (non-hydrogen) atoms. The lowest BCUT2D eigenvalue weighted by molar-refractivity contribution is 0.292. The van der Waals surface area contributed by atoms with E-state index in [1.165, 1.54) is 4.57 Å². The number of anilines is 2. The first-order valence-corrected chi connectivity index (χ1v) is 6.64. The molecule has 2 aromatic rings. The first kappa shape index (κ1) is 14.9. The van der Waals surface area contributed by atoms with Crippen molar-refractivity contribution in [1.29, 1.82) is 0 Å². The van der Waals surface area contributed by atoms with Crippen molar-refractivity contribution in [2.24, 2.45) is 0 Å². The van der Waals surface area contributed by atoms with Crippen LogP contribution in [0.25, 0.3) is 0 Å². The minimum atomic E-state index is -0.556. The minimum Gasteiger partial charge on any atom is -0.396 e. The van der Waals surface area contributed by atoms with E-state index in [0.717, 1.165) is 5.56 Å². The van der Waals surface area contributed by atoms with E-state index in [-0.39, 0.29) is 24.7 Å². The molecule has 7 heteroatoms. The number of benzene rings is 1. The molecular weight excluding hydrogens is 272 g/mol. The van der Waals surface area contributed by atoms with Crippen molar-refractivity contribution in [3.63, 3.8) is 0 Å². The molecule has 1 aromatic heterocycles. The molecule has 0 amide bonds. The maximum atomic E-state index is 11.9. The number of aliphatic hydroxyl groups excluding tert-OH is 1. The van der Waals surface area contributed by atoms with Gasteiger partial charge in [-0.2, -0.15) is 0 Å². The number of hydrogen-bond donors (Lipinski definition) is 4. The molecule has 0 fully saturated rings. The Hall–Kier alpha value is -2.54. The molecule has 112 valence electrons. The van der Waals surface area contributed by atoms with Crippen LogP contribution in [0, 0.1) is 0 Å². The average Bonchev–Trinajstić information content (AvgIpc) is 2.48. The van der Waals surface area contributed by atoms with E-state index in [1.54, 1.807) is 0 Å². The predicted octanol–water partition coefficient (Wildman–Crippen LogP) is -0.0386. The van der Waals surface area contributed by atoms with Crippen molar-refractivity contribution in [3.05, 3.63) is 56.7 Å². The molecule has 1 heterocycles. The molecule has 0 aliphatic carbocycles. The lowest BCUT2D eigenvalue weighted by atomic mass is 10.2. The van der Waals surface area contributed by atoms with Gasteiger partial charge < -0.3 is 16.2 Å². The van der Waals surface area contributed by atoms with Crippen LogP contribution in [0.15, 0.2) is 39.9 Å². The lowest BCUT2D eigenvalue weighted by Gasteiger charge is -2.13. The van der Waals surface area contributed by atoms with Gasteiger partial charge in [0.25, 0.3) is 5.56 Å². The first-order chi connectivity index (χ1) is 10.1. The number of rotatable bonds is 6. The molecule has 2 rings (SSSR count). The van der Waals surface area contributed by atoms with Gasteiger partial charge in [0, 0.05) is 13.2 Å². The summed E-state index contributed by atoms with van der Waals surface area (Å²) in [5.74, 6) is 0.0885. The summed E-state index contributed by atoms with van der Waals surface area (Å²) in [6, 6.07) is 9.35. The van der Waals surface area contributed by atoms with Crippen molar-refractivity contribution < 1.29 is 5.11 Å². The summed E-state index contributed by atoms with van der Waals surface area (Å²) in [5.41, 5.74) is 5.88. The molecule has 0 radical (unpaired) electrons. The van der Waals surface area contributed by atoms with Crippen LogP contribution in [-0.2, 0) is 6.54 Å². The second-order valence-electron chi connectivity index (χ2n) is 4.60. The molecule has 5 N–H and O–H groups in total. The highest BCUT2D eigenvalue weighted by molar-refractivity contribution is 5.60. The van der Waals surface area contributed by atoms with Crippen molar-refractivity contribution in [1.82, 2.24) is 9.55 Å². The molecule has 0 unspecified atom stereocenters. The van der Waals surface area contributed by atoms with E-state index in [2.05, 4.69) is 10.3 Å². The fourth-order valence-electron chi connectivity index (χ4n) is 1.97. The summed E-state index contributed by atoms with van der Waals surface area (Å²) in [6.07, 6.45) is 0.483. The molecule has 0 saturated heterocycles. The number of aromatic amines is 1. The van der Waals surface area contributed by atoms with Crippen LogP contribution < -0.4 is 22.3 Å². The van der Waals surface area contributed by atoms with Gasteiger partial charge >= 0.3 is 5.69 Å². The zero-order chi connectivity index (χ0) is 15.2. The SMILES string of the molecule is Nc1c(NCCCO)c(=O)[nH]c(=O)n1Cc1ccccc1. The topological polar surface area (TPSA) is 113 Å². The molecule has 0 saturated carbocycles.